The molecule has 4 rings (SSSR count). The maximum Gasteiger partial charge on any atom is 0.410 e. The van der Waals surface area contributed by atoms with Gasteiger partial charge >= 0.3 is 6.09 Å². The number of ether oxygens (including phenoxy) is 2. The third-order valence-electron chi connectivity index (χ3n) is 5.64. The Balaban J connectivity index is 1.66. The van der Waals surface area contributed by atoms with Gasteiger partial charge in [-0.05, 0) is 57.2 Å². The maximum absolute atomic E-state index is 13.6. The Morgan fingerprint density at radius 2 is 1.59 bits per heavy atom. The minimum absolute atomic E-state index is 0.231. The molecule has 9 heteroatoms. The molecule has 1 aromatic heterocycles. The number of benzene rings is 2. The van der Waals surface area contributed by atoms with Crippen molar-refractivity contribution in [3.05, 3.63) is 59.0 Å². The van der Waals surface area contributed by atoms with Crippen molar-refractivity contribution in [3.63, 3.8) is 0 Å². The van der Waals surface area contributed by atoms with Crippen LogP contribution < -0.4 is 4.74 Å². The van der Waals surface area contributed by atoms with Crippen molar-refractivity contribution >= 4 is 34.5 Å². The fourth-order valence-corrected chi connectivity index (χ4v) is 4.36. The van der Waals surface area contributed by atoms with Gasteiger partial charge in [0, 0.05) is 43.3 Å². The second kappa shape index (κ2) is 9.18. The van der Waals surface area contributed by atoms with Crippen LogP contribution >= 0.6 is 11.6 Å². The lowest BCUT2D eigenvalue weighted by atomic mass is 10.1. The molecule has 0 N–H and O–H groups in total. The molecule has 2 amide bonds. The Kier molecular flexibility index (Phi) is 6.45. The Morgan fingerprint density at radius 3 is 2.18 bits per heavy atom. The number of amides is 2. The van der Waals surface area contributed by atoms with Crippen LogP contribution in [0, 0.1) is 5.82 Å². The Labute approximate surface area is 202 Å². The number of nitrogens with zero attached hydrogens (tertiary/aromatic N) is 3. The van der Waals surface area contributed by atoms with E-state index in [0.29, 0.717) is 54.1 Å². The second-order valence-electron chi connectivity index (χ2n) is 9.12. The van der Waals surface area contributed by atoms with Crippen LogP contribution in [0.15, 0.2) is 42.5 Å². The van der Waals surface area contributed by atoms with E-state index in [-0.39, 0.29) is 16.9 Å². The quantitative estimate of drug-likeness (QED) is 0.514. The van der Waals surface area contributed by atoms with Crippen LogP contribution in [-0.4, -0.2) is 65.3 Å². The van der Waals surface area contributed by atoms with Gasteiger partial charge in [0.15, 0.2) is 0 Å². The monoisotopic (exact) mass is 487 g/mol. The summed E-state index contributed by atoms with van der Waals surface area (Å²) in [5.74, 6) is 0.00735. The van der Waals surface area contributed by atoms with Crippen molar-refractivity contribution in [2.45, 2.75) is 26.4 Å². The van der Waals surface area contributed by atoms with Crippen molar-refractivity contribution < 1.29 is 23.5 Å². The molecule has 180 valence electrons. The van der Waals surface area contributed by atoms with Gasteiger partial charge in [-0.2, -0.15) is 0 Å². The average molecular weight is 488 g/mol. The van der Waals surface area contributed by atoms with E-state index < -0.39 is 11.7 Å². The molecule has 0 atom stereocenters. The van der Waals surface area contributed by atoms with Crippen LogP contribution in [0.25, 0.3) is 16.6 Å². The zero-order chi connectivity index (χ0) is 24.6. The molecule has 0 unspecified atom stereocenters. The fourth-order valence-electron chi connectivity index (χ4n) is 3.99. The van der Waals surface area contributed by atoms with E-state index >= 15 is 0 Å². The van der Waals surface area contributed by atoms with E-state index in [0.717, 1.165) is 0 Å². The number of rotatable bonds is 3. The van der Waals surface area contributed by atoms with Crippen LogP contribution in [0.2, 0.25) is 5.15 Å². The topological polar surface area (TPSA) is 64.0 Å². The SMILES string of the molecule is COc1ccc2c(C(=O)N3CCN(C(=O)OC(C)(C)C)CC3)c(Cl)n(-c3ccc(F)cc3)c2c1. The van der Waals surface area contributed by atoms with Crippen molar-refractivity contribution in [2.75, 3.05) is 33.3 Å². The molecule has 1 fully saturated rings. The van der Waals surface area contributed by atoms with Crippen LogP contribution in [0.1, 0.15) is 31.1 Å². The third kappa shape index (κ3) is 4.68. The number of hydrogen-bond acceptors (Lipinski definition) is 4. The highest BCUT2D eigenvalue weighted by molar-refractivity contribution is 6.36. The lowest BCUT2D eigenvalue weighted by Crippen LogP contribution is -2.51. The third-order valence-corrected chi connectivity index (χ3v) is 5.99. The van der Waals surface area contributed by atoms with Crippen LogP contribution in [-0.2, 0) is 4.74 Å². The first-order valence-electron chi connectivity index (χ1n) is 11.0. The summed E-state index contributed by atoms with van der Waals surface area (Å²) in [6, 6.07) is 11.3. The molecule has 7 nitrogen and oxygen atoms in total. The highest BCUT2D eigenvalue weighted by atomic mass is 35.5. The average Bonchev–Trinajstić information content (AvgIpc) is 3.09. The van der Waals surface area contributed by atoms with E-state index in [9.17, 15) is 14.0 Å². The summed E-state index contributed by atoms with van der Waals surface area (Å²) in [4.78, 5) is 29.2. The number of piperazine rings is 1. The molecule has 0 saturated carbocycles. The number of carbonyl (C=O) groups is 2. The lowest BCUT2D eigenvalue weighted by molar-refractivity contribution is 0.0141. The lowest BCUT2D eigenvalue weighted by Gasteiger charge is -2.35. The van der Waals surface area contributed by atoms with Crippen LogP contribution in [0.4, 0.5) is 9.18 Å². The van der Waals surface area contributed by atoms with Gasteiger partial charge < -0.3 is 19.3 Å². The first-order chi connectivity index (χ1) is 16.1. The van der Waals surface area contributed by atoms with Gasteiger partial charge in [-0.1, -0.05) is 11.6 Å². The Hall–Kier alpha value is -3.26. The number of methoxy groups -OCH3 is 1. The van der Waals surface area contributed by atoms with E-state index in [1.54, 1.807) is 51.8 Å². The molecule has 1 aliphatic heterocycles. The summed E-state index contributed by atoms with van der Waals surface area (Å²) in [5, 5.41) is 0.893. The van der Waals surface area contributed by atoms with Crippen molar-refractivity contribution in [1.82, 2.24) is 14.4 Å². The van der Waals surface area contributed by atoms with E-state index in [4.69, 9.17) is 21.1 Å². The van der Waals surface area contributed by atoms with Gasteiger partial charge in [-0.25, -0.2) is 9.18 Å². The zero-order valence-electron chi connectivity index (χ0n) is 19.6. The minimum Gasteiger partial charge on any atom is -0.497 e. The van der Waals surface area contributed by atoms with Gasteiger partial charge in [0.25, 0.3) is 5.91 Å². The van der Waals surface area contributed by atoms with Crippen LogP contribution in [0.5, 0.6) is 5.75 Å². The number of halogens is 2. The molecule has 0 bridgehead atoms. The van der Waals surface area contributed by atoms with Gasteiger partial charge in [-0.3, -0.25) is 9.36 Å². The molecule has 2 aromatic carbocycles. The molecule has 1 aliphatic rings. The largest absolute Gasteiger partial charge is 0.497 e. The first-order valence-corrected chi connectivity index (χ1v) is 11.4. The van der Waals surface area contributed by atoms with Crippen molar-refractivity contribution in [2.24, 2.45) is 0 Å². The minimum atomic E-state index is -0.583. The molecule has 0 radical (unpaired) electrons. The van der Waals surface area contributed by atoms with E-state index in [2.05, 4.69) is 0 Å². The number of fused-ring (bicyclic) bond motifs is 1. The van der Waals surface area contributed by atoms with E-state index in [1.807, 2.05) is 20.8 Å². The fraction of sp³-hybridized carbons (Fsp3) is 0.360. The predicted octanol–water partition coefficient (Wildman–Crippen LogP) is 5.12. The summed E-state index contributed by atoms with van der Waals surface area (Å²) in [6.45, 7) is 6.89. The normalized spacial score (nSPS) is 14.4. The summed E-state index contributed by atoms with van der Waals surface area (Å²) in [6.07, 6.45) is -0.391. The molecule has 2 heterocycles. The highest BCUT2D eigenvalue weighted by Crippen LogP contribution is 2.36. The van der Waals surface area contributed by atoms with Crippen molar-refractivity contribution in [1.29, 1.82) is 0 Å². The summed E-state index contributed by atoms with van der Waals surface area (Å²) in [7, 11) is 1.56. The Morgan fingerprint density at radius 1 is 0.971 bits per heavy atom. The first kappa shape index (κ1) is 23.9. The smallest absolute Gasteiger partial charge is 0.410 e. The molecule has 0 spiro atoms. The summed E-state index contributed by atoms with van der Waals surface area (Å²) in [5.41, 5.74) is 1.07. The summed E-state index contributed by atoms with van der Waals surface area (Å²) >= 11 is 6.78. The second-order valence-corrected chi connectivity index (χ2v) is 9.48. The van der Waals surface area contributed by atoms with Gasteiger partial charge in [0.1, 0.15) is 22.3 Å². The zero-order valence-corrected chi connectivity index (χ0v) is 20.4. The van der Waals surface area contributed by atoms with Gasteiger partial charge in [0.05, 0.1) is 18.2 Å². The molecule has 0 aliphatic carbocycles. The molecule has 34 heavy (non-hydrogen) atoms. The Bertz CT molecular complexity index is 1230. The standard InChI is InChI=1S/C25H27ClFN3O4/c1-25(2,3)34-24(32)29-13-11-28(12-14-29)23(31)21-19-10-9-18(33-4)15-20(19)30(22(21)26)17-7-5-16(27)6-8-17/h5-10,15H,11-14H2,1-4H3. The van der Waals surface area contributed by atoms with Crippen LogP contribution in [0.3, 0.4) is 0 Å². The molecule has 3 aromatic rings. The number of aromatic nitrogens is 1. The maximum atomic E-state index is 13.6. The van der Waals surface area contributed by atoms with Crippen molar-refractivity contribution in [3.8, 4) is 11.4 Å². The predicted molar refractivity (Wildman–Crippen MR) is 129 cm³/mol. The molecular weight excluding hydrogens is 461 g/mol. The molecular formula is C25H27ClFN3O4. The van der Waals surface area contributed by atoms with E-state index in [1.165, 1.54) is 12.1 Å². The molecule has 1 saturated heterocycles. The summed E-state index contributed by atoms with van der Waals surface area (Å²) < 4.78 is 26.0. The highest BCUT2D eigenvalue weighted by Gasteiger charge is 2.31. The van der Waals surface area contributed by atoms with Gasteiger partial charge in [0.2, 0.25) is 0 Å². The number of carbonyl (C=O) groups excluding carboxylic acids is 2. The van der Waals surface area contributed by atoms with Gasteiger partial charge in [-0.15, -0.1) is 0 Å². The number of hydrogen-bond donors (Lipinski definition) is 0.